The molecule has 1 aliphatic rings. The van der Waals surface area contributed by atoms with Crippen LogP contribution in [0.15, 0.2) is 5.38 Å². The van der Waals surface area contributed by atoms with E-state index in [1.165, 1.54) is 30.0 Å². The molecule has 1 aliphatic carbocycles. The second-order valence-electron chi connectivity index (χ2n) is 4.46. The summed E-state index contributed by atoms with van der Waals surface area (Å²) in [6.07, 6.45) is 5.18. The predicted molar refractivity (Wildman–Crippen MR) is 70.2 cm³/mol. The van der Waals surface area contributed by atoms with Gasteiger partial charge in [0.05, 0.1) is 10.7 Å². The van der Waals surface area contributed by atoms with Gasteiger partial charge in [0, 0.05) is 23.8 Å². The number of rotatable bonds is 6. The van der Waals surface area contributed by atoms with Crippen LogP contribution in [0.4, 0.5) is 0 Å². The second-order valence-corrected chi connectivity index (χ2v) is 5.90. The molecule has 0 aromatic carbocycles. The molecule has 0 aliphatic heterocycles. The smallest absolute Gasteiger partial charge is 0.0897 e. The van der Waals surface area contributed by atoms with Crippen LogP contribution in [0, 0.1) is 6.92 Å². The van der Waals surface area contributed by atoms with Crippen LogP contribution in [-0.4, -0.2) is 28.4 Å². The molecule has 2 nitrogen and oxygen atoms in total. The van der Waals surface area contributed by atoms with E-state index in [0.29, 0.717) is 0 Å². The van der Waals surface area contributed by atoms with E-state index < -0.39 is 0 Å². The summed E-state index contributed by atoms with van der Waals surface area (Å²) in [6, 6.07) is 0.783. The molecular formula is C12H19ClN2S. The van der Waals surface area contributed by atoms with Crippen LogP contribution in [0.2, 0.25) is 0 Å². The lowest BCUT2D eigenvalue weighted by Crippen LogP contribution is -2.40. The van der Waals surface area contributed by atoms with Crippen LogP contribution in [0.5, 0.6) is 0 Å². The molecular weight excluding hydrogens is 240 g/mol. The third-order valence-electron chi connectivity index (χ3n) is 3.20. The molecule has 0 N–H and O–H groups in total. The molecule has 1 aromatic heterocycles. The number of halogens is 1. The Morgan fingerprint density at radius 3 is 2.88 bits per heavy atom. The molecule has 0 atom stereocenters. The van der Waals surface area contributed by atoms with Crippen molar-refractivity contribution in [3.8, 4) is 0 Å². The number of aryl methyl sites for hydroxylation is 1. The van der Waals surface area contributed by atoms with Gasteiger partial charge in [0.2, 0.25) is 0 Å². The zero-order valence-corrected chi connectivity index (χ0v) is 11.4. The Bertz CT molecular complexity index is 323. The summed E-state index contributed by atoms with van der Waals surface area (Å²) < 4.78 is 0. The number of thiazole rings is 1. The zero-order valence-electron chi connectivity index (χ0n) is 9.79. The molecule has 90 valence electrons. The molecule has 0 bridgehead atoms. The molecule has 16 heavy (non-hydrogen) atoms. The predicted octanol–water partition coefficient (Wildman–Crippen LogP) is 3.43. The van der Waals surface area contributed by atoms with E-state index in [-0.39, 0.29) is 0 Å². The largest absolute Gasteiger partial charge is 0.294 e. The first kappa shape index (κ1) is 12.3. The zero-order chi connectivity index (χ0) is 11.4. The van der Waals surface area contributed by atoms with Gasteiger partial charge in [0.15, 0.2) is 0 Å². The Morgan fingerprint density at radius 2 is 2.38 bits per heavy atom. The summed E-state index contributed by atoms with van der Waals surface area (Å²) in [5.74, 6) is 0.763. The highest BCUT2D eigenvalue weighted by molar-refractivity contribution is 7.09. The lowest BCUT2D eigenvalue weighted by molar-refractivity contribution is 0.118. The maximum atomic E-state index is 5.78. The van der Waals surface area contributed by atoms with E-state index in [4.69, 9.17) is 11.6 Å². The molecule has 0 spiro atoms. The van der Waals surface area contributed by atoms with Crippen molar-refractivity contribution in [2.24, 2.45) is 0 Å². The van der Waals surface area contributed by atoms with Gasteiger partial charge in [0.25, 0.3) is 0 Å². The molecule has 0 unspecified atom stereocenters. The monoisotopic (exact) mass is 258 g/mol. The minimum Gasteiger partial charge on any atom is -0.294 e. The molecule has 1 aromatic rings. The second kappa shape index (κ2) is 5.99. The van der Waals surface area contributed by atoms with Gasteiger partial charge in [0.1, 0.15) is 0 Å². The number of hydrogen-bond acceptors (Lipinski definition) is 3. The summed E-state index contributed by atoms with van der Waals surface area (Å²) in [5, 5.41) is 3.35. The maximum Gasteiger partial charge on any atom is 0.0897 e. The SMILES string of the molecule is Cc1nc(CN(CCCCl)C2CCC2)cs1. The summed E-state index contributed by atoms with van der Waals surface area (Å²) >= 11 is 7.52. The number of alkyl halides is 1. The van der Waals surface area contributed by atoms with Gasteiger partial charge in [-0.25, -0.2) is 4.98 Å². The Kier molecular flexibility index (Phi) is 4.62. The Labute approximate surface area is 107 Å². The van der Waals surface area contributed by atoms with Crippen molar-refractivity contribution in [2.75, 3.05) is 12.4 Å². The van der Waals surface area contributed by atoms with E-state index in [1.54, 1.807) is 11.3 Å². The van der Waals surface area contributed by atoms with Crippen LogP contribution in [0.3, 0.4) is 0 Å². The minimum absolute atomic E-state index is 0.763. The van der Waals surface area contributed by atoms with Crippen LogP contribution in [-0.2, 0) is 6.54 Å². The summed E-state index contributed by atoms with van der Waals surface area (Å²) in [5.41, 5.74) is 1.23. The van der Waals surface area contributed by atoms with Crippen molar-refractivity contribution >= 4 is 22.9 Å². The first-order valence-electron chi connectivity index (χ1n) is 6.00. The number of aromatic nitrogens is 1. The molecule has 1 fully saturated rings. The quantitative estimate of drug-likeness (QED) is 0.727. The van der Waals surface area contributed by atoms with Crippen LogP contribution in [0.1, 0.15) is 36.4 Å². The highest BCUT2D eigenvalue weighted by atomic mass is 35.5. The third-order valence-corrected chi connectivity index (χ3v) is 4.29. The Balaban J connectivity index is 1.90. The van der Waals surface area contributed by atoms with E-state index in [1.807, 2.05) is 0 Å². The fourth-order valence-electron chi connectivity index (χ4n) is 2.09. The Hall–Kier alpha value is -0.120. The third kappa shape index (κ3) is 3.19. The first-order chi connectivity index (χ1) is 7.79. The van der Waals surface area contributed by atoms with Crippen LogP contribution < -0.4 is 0 Å². The van der Waals surface area contributed by atoms with E-state index in [0.717, 1.165) is 31.4 Å². The van der Waals surface area contributed by atoms with E-state index in [2.05, 4.69) is 22.2 Å². The van der Waals surface area contributed by atoms with Crippen molar-refractivity contribution in [3.05, 3.63) is 16.1 Å². The normalized spacial score (nSPS) is 16.7. The van der Waals surface area contributed by atoms with E-state index >= 15 is 0 Å². The van der Waals surface area contributed by atoms with E-state index in [9.17, 15) is 0 Å². The number of nitrogens with zero attached hydrogens (tertiary/aromatic N) is 2. The van der Waals surface area contributed by atoms with Gasteiger partial charge in [-0.3, -0.25) is 4.90 Å². The first-order valence-corrected chi connectivity index (χ1v) is 7.42. The van der Waals surface area contributed by atoms with Crippen molar-refractivity contribution in [1.29, 1.82) is 0 Å². The van der Waals surface area contributed by atoms with Crippen molar-refractivity contribution in [3.63, 3.8) is 0 Å². The van der Waals surface area contributed by atoms with Crippen LogP contribution >= 0.6 is 22.9 Å². The number of hydrogen-bond donors (Lipinski definition) is 0. The fourth-order valence-corrected chi connectivity index (χ4v) is 2.82. The lowest BCUT2D eigenvalue weighted by Gasteiger charge is -2.37. The highest BCUT2D eigenvalue weighted by Gasteiger charge is 2.24. The van der Waals surface area contributed by atoms with Crippen LogP contribution in [0.25, 0.3) is 0 Å². The van der Waals surface area contributed by atoms with Gasteiger partial charge in [-0.05, 0) is 32.7 Å². The Morgan fingerprint density at radius 1 is 1.56 bits per heavy atom. The summed E-state index contributed by atoms with van der Waals surface area (Å²) in [4.78, 5) is 7.10. The lowest BCUT2D eigenvalue weighted by atomic mass is 9.91. The fraction of sp³-hybridized carbons (Fsp3) is 0.750. The average molecular weight is 259 g/mol. The van der Waals surface area contributed by atoms with Gasteiger partial charge in [-0.1, -0.05) is 6.42 Å². The minimum atomic E-state index is 0.763. The standard InChI is InChI=1S/C12H19ClN2S/c1-10-14-11(9-16-10)8-15(7-3-6-13)12-4-2-5-12/h9,12H,2-8H2,1H3. The van der Waals surface area contributed by atoms with Gasteiger partial charge >= 0.3 is 0 Å². The molecule has 1 saturated carbocycles. The maximum absolute atomic E-state index is 5.78. The molecule has 1 heterocycles. The van der Waals surface area contributed by atoms with Gasteiger partial charge in [-0.2, -0.15) is 0 Å². The van der Waals surface area contributed by atoms with Crippen molar-refractivity contribution in [2.45, 2.75) is 45.2 Å². The molecule has 0 radical (unpaired) electrons. The topological polar surface area (TPSA) is 16.1 Å². The summed E-state index contributed by atoms with van der Waals surface area (Å²) in [6.45, 7) is 4.19. The highest BCUT2D eigenvalue weighted by Crippen LogP contribution is 2.26. The van der Waals surface area contributed by atoms with Gasteiger partial charge < -0.3 is 0 Å². The average Bonchev–Trinajstić information content (AvgIpc) is 2.58. The van der Waals surface area contributed by atoms with Crippen molar-refractivity contribution in [1.82, 2.24) is 9.88 Å². The molecule has 2 rings (SSSR count). The molecule has 0 amide bonds. The molecule has 4 heteroatoms. The van der Waals surface area contributed by atoms with Gasteiger partial charge in [-0.15, -0.1) is 22.9 Å². The van der Waals surface area contributed by atoms with Crippen molar-refractivity contribution < 1.29 is 0 Å². The molecule has 0 saturated heterocycles. The summed E-state index contributed by atoms with van der Waals surface area (Å²) in [7, 11) is 0.